The van der Waals surface area contributed by atoms with E-state index < -0.39 is 11.9 Å². The van der Waals surface area contributed by atoms with Crippen LogP contribution in [0, 0.1) is 5.82 Å². The van der Waals surface area contributed by atoms with Crippen molar-refractivity contribution in [1.82, 2.24) is 5.32 Å². The molecule has 0 radical (unpaired) electrons. The minimum absolute atomic E-state index is 0.0113. The molecule has 0 saturated heterocycles. The normalized spacial score (nSPS) is 19.8. The molecule has 0 amide bonds. The second-order valence-electron chi connectivity index (χ2n) is 9.04. The van der Waals surface area contributed by atoms with E-state index in [4.69, 9.17) is 4.74 Å². The highest BCUT2D eigenvalue weighted by Gasteiger charge is 2.41. The van der Waals surface area contributed by atoms with Gasteiger partial charge in [0.05, 0.1) is 5.57 Å². The lowest BCUT2D eigenvalue weighted by Gasteiger charge is -2.36. The number of hydrogen-bond donors (Lipinski definition) is 1. The van der Waals surface area contributed by atoms with Crippen LogP contribution in [0.5, 0.6) is 0 Å². The van der Waals surface area contributed by atoms with Gasteiger partial charge in [-0.1, -0.05) is 72.8 Å². The van der Waals surface area contributed by atoms with Gasteiger partial charge in [0.25, 0.3) is 0 Å². The molecule has 0 saturated carbocycles. The summed E-state index contributed by atoms with van der Waals surface area (Å²) >= 11 is 0. The van der Waals surface area contributed by atoms with Crippen LogP contribution in [0.1, 0.15) is 48.3 Å². The number of ether oxygens (including phenoxy) is 1. The molecule has 1 N–H and O–H groups in total. The van der Waals surface area contributed by atoms with Crippen molar-refractivity contribution in [3.63, 3.8) is 0 Å². The van der Waals surface area contributed by atoms with Gasteiger partial charge in [0.1, 0.15) is 12.4 Å². The largest absolute Gasteiger partial charge is 0.457 e. The Bertz CT molecular complexity index is 1310. The molecule has 0 aromatic heterocycles. The first-order valence-electron chi connectivity index (χ1n) is 11.8. The maximum Gasteiger partial charge on any atom is 0.337 e. The summed E-state index contributed by atoms with van der Waals surface area (Å²) in [5.74, 6) is -1.42. The van der Waals surface area contributed by atoms with Gasteiger partial charge in [-0.2, -0.15) is 0 Å². The van der Waals surface area contributed by atoms with Gasteiger partial charge in [-0.3, -0.25) is 4.79 Å². The van der Waals surface area contributed by atoms with Gasteiger partial charge < -0.3 is 10.1 Å². The standard InChI is InChI=1S/C30H26FNO3/c1-19-27(30(34)35-18-20-8-4-2-5-9-20)28(22-12-14-24(31)15-13-22)29-25(32-19)16-23(17-26(29)33)21-10-6-3-7-11-21/h2-15,23,28,32H,16-18H2,1H3/t23-,28+/m1/s1. The number of nitrogens with one attached hydrogen (secondary N) is 1. The van der Waals surface area contributed by atoms with Gasteiger partial charge in [-0.15, -0.1) is 0 Å². The fourth-order valence-corrected chi connectivity index (χ4v) is 5.06. The maximum atomic E-state index is 13.7. The summed E-state index contributed by atoms with van der Waals surface area (Å²) in [6.45, 7) is 1.96. The lowest BCUT2D eigenvalue weighted by molar-refractivity contribution is -0.140. The predicted octanol–water partition coefficient (Wildman–Crippen LogP) is 5.93. The smallest absolute Gasteiger partial charge is 0.337 e. The van der Waals surface area contributed by atoms with E-state index in [1.54, 1.807) is 12.1 Å². The summed E-state index contributed by atoms with van der Waals surface area (Å²) in [5.41, 5.74) is 5.11. The molecule has 1 heterocycles. The highest BCUT2D eigenvalue weighted by atomic mass is 19.1. The molecule has 176 valence electrons. The van der Waals surface area contributed by atoms with Crippen LogP contribution in [0.15, 0.2) is 107 Å². The van der Waals surface area contributed by atoms with Crippen molar-refractivity contribution in [3.8, 4) is 0 Å². The molecule has 35 heavy (non-hydrogen) atoms. The van der Waals surface area contributed by atoms with Gasteiger partial charge >= 0.3 is 5.97 Å². The van der Waals surface area contributed by atoms with Crippen LogP contribution >= 0.6 is 0 Å². The van der Waals surface area contributed by atoms with Gasteiger partial charge in [-0.25, -0.2) is 9.18 Å². The van der Waals surface area contributed by atoms with E-state index in [0.717, 1.165) is 16.8 Å². The fourth-order valence-electron chi connectivity index (χ4n) is 5.06. The predicted molar refractivity (Wildman–Crippen MR) is 132 cm³/mol. The van der Waals surface area contributed by atoms with Crippen molar-refractivity contribution >= 4 is 11.8 Å². The van der Waals surface area contributed by atoms with Crippen LogP contribution in [-0.4, -0.2) is 11.8 Å². The number of esters is 1. The van der Waals surface area contributed by atoms with Crippen LogP contribution in [0.4, 0.5) is 4.39 Å². The number of allylic oxidation sites excluding steroid dienone is 3. The van der Waals surface area contributed by atoms with Crippen LogP contribution < -0.4 is 5.32 Å². The Morgan fingerprint density at radius 1 is 0.914 bits per heavy atom. The summed E-state index contributed by atoms with van der Waals surface area (Å²) in [5, 5.41) is 3.35. The zero-order valence-electron chi connectivity index (χ0n) is 19.5. The van der Waals surface area contributed by atoms with Crippen LogP contribution in [0.2, 0.25) is 0 Å². The summed E-state index contributed by atoms with van der Waals surface area (Å²) in [7, 11) is 0. The maximum absolute atomic E-state index is 13.7. The van der Waals surface area contributed by atoms with E-state index >= 15 is 0 Å². The molecule has 2 atom stereocenters. The molecule has 3 aromatic carbocycles. The zero-order valence-corrected chi connectivity index (χ0v) is 19.5. The van der Waals surface area contributed by atoms with Gasteiger partial charge in [0.15, 0.2) is 5.78 Å². The summed E-state index contributed by atoms with van der Waals surface area (Å²) < 4.78 is 19.4. The third-order valence-corrected chi connectivity index (χ3v) is 6.73. The minimum atomic E-state index is -0.612. The van der Waals surface area contributed by atoms with Gasteiger partial charge in [0, 0.05) is 29.3 Å². The average molecular weight is 468 g/mol. The SMILES string of the molecule is CC1=C(C(=O)OCc2ccccc2)[C@H](c2ccc(F)cc2)C2=C(C[C@@H](c3ccccc3)CC2=O)N1. The van der Waals surface area contributed by atoms with E-state index in [1.165, 1.54) is 12.1 Å². The fraction of sp³-hybridized carbons (Fsp3) is 0.200. The average Bonchev–Trinajstić information content (AvgIpc) is 2.88. The number of benzene rings is 3. The molecule has 1 aliphatic heterocycles. The zero-order chi connectivity index (χ0) is 24.4. The van der Waals surface area contributed by atoms with Gasteiger partial charge in [0.2, 0.25) is 0 Å². The molecule has 0 spiro atoms. The molecule has 0 unspecified atom stereocenters. The van der Waals surface area contributed by atoms with E-state index in [2.05, 4.69) is 5.32 Å². The third kappa shape index (κ3) is 4.67. The molecule has 0 fully saturated rings. The van der Waals surface area contributed by atoms with Crippen LogP contribution in [-0.2, 0) is 20.9 Å². The van der Waals surface area contributed by atoms with Crippen molar-refractivity contribution in [2.75, 3.05) is 0 Å². The number of carbonyl (C=O) groups excluding carboxylic acids is 2. The van der Waals surface area contributed by atoms with Gasteiger partial charge in [-0.05, 0) is 48.1 Å². The first kappa shape index (κ1) is 22.8. The lowest BCUT2D eigenvalue weighted by atomic mass is 9.72. The number of ketones is 1. The Hall–Kier alpha value is -3.99. The third-order valence-electron chi connectivity index (χ3n) is 6.73. The van der Waals surface area contributed by atoms with Crippen LogP contribution in [0.25, 0.3) is 0 Å². The van der Waals surface area contributed by atoms with Crippen LogP contribution in [0.3, 0.4) is 0 Å². The molecule has 5 rings (SSSR count). The second kappa shape index (κ2) is 9.71. The molecule has 3 aromatic rings. The number of dihydropyridines is 1. The minimum Gasteiger partial charge on any atom is -0.457 e. The van der Waals surface area contributed by atoms with Crippen molar-refractivity contribution in [2.45, 2.75) is 38.2 Å². The van der Waals surface area contributed by atoms with Crippen molar-refractivity contribution in [1.29, 1.82) is 0 Å². The second-order valence-corrected chi connectivity index (χ2v) is 9.04. The Morgan fingerprint density at radius 3 is 2.26 bits per heavy atom. The first-order valence-corrected chi connectivity index (χ1v) is 11.8. The topological polar surface area (TPSA) is 55.4 Å². The Kier molecular flexibility index (Phi) is 6.32. The quantitative estimate of drug-likeness (QED) is 0.473. The molecule has 1 aliphatic carbocycles. The highest BCUT2D eigenvalue weighted by molar-refractivity contribution is 6.04. The Morgan fingerprint density at radius 2 is 1.57 bits per heavy atom. The molecule has 5 heteroatoms. The van der Waals surface area contributed by atoms with E-state index in [9.17, 15) is 14.0 Å². The van der Waals surface area contributed by atoms with E-state index in [1.807, 2.05) is 67.6 Å². The summed E-state index contributed by atoms with van der Waals surface area (Å²) in [6.07, 6.45) is 1.01. The van der Waals surface area contributed by atoms with E-state index in [0.29, 0.717) is 35.2 Å². The lowest BCUT2D eigenvalue weighted by Crippen LogP contribution is -2.36. The molecular weight excluding hydrogens is 441 g/mol. The molecule has 4 nitrogen and oxygen atoms in total. The highest BCUT2D eigenvalue weighted by Crippen LogP contribution is 2.45. The molecular formula is C30H26FNO3. The van der Waals surface area contributed by atoms with Crippen molar-refractivity contribution in [2.24, 2.45) is 0 Å². The summed E-state index contributed by atoms with van der Waals surface area (Å²) in [4.78, 5) is 26.9. The molecule has 0 bridgehead atoms. The van der Waals surface area contributed by atoms with E-state index in [-0.39, 0.29) is 24.1 Å². The number of Topliss-reactive ketones (excluding diaryl/α,β-unsaturated/α-hetero) is 1. The number of carbonyl (C=O) groups is 2. The number of hydrogen-bond acceptors (Lipinski definition) is 4. The Labute approximate surface area is 204 Å². The van der Waals surface area contributed by atoms with Crippen molar-refractivity contribution < 1.29 is 18.7 Å². The monoisotopic (exact) mass is 467 g/mol. The number of rotatable bonds is 5. The Balaban J connectivity index is 1.51. The van der Waals surface area contributed by atoms with Crippen molar-refractivity contribution in [3.05, 3.63) is 130 Å². The number of halogens is 1. The summed E-state index contributed by atoms with van der Waals surface area (Å²) in [6, 6.07) is 25.5. The first-order chi connectivity index (χ1) is 17.0. The molecule has 2 aliphatic rings.